The highest BCUT2D eigenvalue weighted by atomic mass is 35.5. The van der Waals surface area contributed by atoms with Crippen molar-refractivity contribution < 1.29 is 0 Å². The largest absolute Gasteiger partial charge is 0.329 e. The Kier molecular flexibility index (Phi) is 2.68. The summed E-state index contributed by atoms with van der Waals surface area (Å²) in [6.45, 7) is 2.28. The molecule has 1 fully saturated rings. The zero-order valence-corrected chi connectivity index (χ0v) is 11.1. The van der Waals surface area contributed by atoms with Gasteiger partial charge in [0.25, 0.3) is 0 Å². The Balaban J connectivity index is 1.87. The van der Waals surface area contributed by atoms with Crippen molar-refractivity contribution in [2.75, 3.05) is 4.72 Å². The molecular weight excluding hydrogens is 252 g/mol. The van der Waals surface area contributed by atoms with Crippen molar-refractivity contribution in [3.05, 3.63) is 35.6 Å². The minimum atomic E-state index is 0.428. The predicted octanol–water partition coefficient (Wildman–Crippen LogP) is 4.50. The van der Waals surface area contributed by atoms with E-state index in [9.17, 15) is 0 Å². The molecule has 3 rings (SSSR count). The van der Waals surface area contributed by atoms with Crippen LogP contribution in [0.15, 0.2) is 30.6 Å². The second-order valence-electron chi connectivity index (χ2n) is 4.71. The number of aromatic nitrogens is 1. The molecule has 0 spiro atoms. The topological polar surface area (TPSA) is 24.9 Å². The van der Waals surface area contributed by atoms with E-state index in [0.717, 1.165) is 16.5 Å². The van der Waals surface area contributed by atoms with Gasteiger partial charge < -0.3 is 4.72 Å². The molecule has 1 saturated carbocycles. The highest BCUT2D eigenvalue weighted by molar-refractivity contribution is 8.02. The van der Waals surface area contributed by atoms with Gasteiger partial charge in [0.1, 0.15) is 0 Å². The Morgan fingerprint density at radius 3 is 2.94 bits per heavy atom. The minimum absolute atomic E-state index is 0.428. The second-order valence-corrected chi connectivity index (χ2v) is 6.51. The van der Waals surface area contributed by atoms with Crippen molar-refractivity contribution in [3.63, 3.8) is 0 Å². The Labute approximate surface area is 110 Å². The fourth-order valence-electron chi connectivity index (χ4n) is 1.65. The number of hydrogen-bond donors (Lipinski definition) is 1. The highest BCUT2D eigenvalue weighted by Crippen LogP contribution is 2.47. The molecule has 4 heteroatoms. The number of fused-ring (bicyclic) bond motifs is 1. The van der Waals surface area contributed by atoms with E-state index in [-0.39, 0.29) is 0 Å². The van der Waals surface area contributed by atoms with Crippen LogP contribution in [0.1, 0.15) is 19.8 Å². The number of anilines is 1. The smallest absolute Gasteiger partial charge is 0.0668 e. The molecule has 0 amide bonds. The first-order chi connectivity index (χ1) is 8.16. The van der Waals surface area contributed by atoms with Crippen LogP contribution in [0.5, 0.6) is 0 Å². The molecule has 1 aromatic heterocycles. The van der Waals surface area contributed by atoms with E-state index in [4.69, 9.17) is 11.6 Å². The maximum atomic E-state index is 6.13. The molecule has 2 aromatic rings. The average Bonchev–Trinajstić information content (AvgIpc) is 3.06. The summed E-state index contributed by atoms with van der Waals surface area (Å²) < 4.78 is 3.83. The standard InChI is InChI=1S/C13H13ClN2S/c1-13(4-5-13)17-16-10-3-2-9-7-15-8-12(14)11(9)6-10/h2-3,6-8,16H,4-5H2,1H3. The number of pyridine rings is 1. The average molecular weight is 265 g/mol. The van der Waals surface area contributed by atoms with E-state index in [1.165, 1.54) is 12.8 Å². The van der Waals surface area contributed by atoms with E-state index in [1.54, 1.807) is 18.1 Å². The first-order valence-corrected chi connectivity index (χ1v) is 6.83. The van der Waals surface area contributed by atoms with E-state index in [0.29, 0.717) is 9.77 Å². The van der Waals surface area contributed by atoms with Crippen LogP contribution < -0.4 is 4.72 Å². The van der Waals surface area contributed by atoms with E-state index in [1.807, 2.05) is 12.3 Å². The molecular formula is C13H13ClN2S. The molecule has 2 nitrogen and oxygen atoms in total. The molecule has 0 radical (unpaired) electrons. The molecule has 1 heterocycles. The summed E-state index contributed by atoms with van der Waals surface area (Å²) in [4.78, 5) is 4.08. The third-order valence-electron chi connectivity index (χ3n) is 3.08. The number of nitrogens with one attached hydrogen (secondary N) is 1. The van der Waals surface area contributed by atoms with Gasteiger partial charge in [0.15, 0.2) is 0 Å². The molecule has 0 unspecified atom stereocenters. The Bertz CT molecular complexity index is 566. The zero-order chi connectivity index (χ0) is 11.9. The lowest BCUT2D eigenvalue weighted by Gasteiger charge is -2.11. The first kappa shape index (κ1) is 11.2. The summed E-state index contributed by atoms with van der Waals surface area (Å²) in [7, 11) is 0. The fourth-order valence-corrected chi connectivity index (χ4v) is 2.67. The van der Waals surface area contributed by atoms with Crippen LogP contribution in [0.25, 0.3) is 10.8 Å². The molecule has 1 aliphatic carbocycles. The third kappa shape index (κ3) is 2.35. The summed E-state index contributed by atoms with van der Waals surface area (Å²) in [6.07, 6.45) is 6.11. The quantitative estimate of drug-likeness (QED) is 0.826. The number of hydrogen-bond acceptors (Lipinski definition) is 3. The second kappa shape index (κ2) is 4.07. The number of rotatable bonds is 3. The van der Waals surface area contributed by atoms with Crippen LogP contribution in [0.2, 0.25) is 5.02 Å². The van der Waals surface area contributed by atoms with Crippen LogP contribution in [0.3, 0.4) is 0 Å². The van der Waals surface area contributed by atoms with Crippen LogP contribution in [-0.4, -0.2) is 9.73 Å². The highest BCUT2D eigenvalue weighted by Gasteiger charge is 2.38. The van der Waals surface area contributed by atoms with Crippen LogP contribution in [-0.2, 0) is 0 Å². The number of benzene rings is 1. The van der Waals surface area contributed by atoms with Crippen LogP contribution >= 0.6 is 23.5 Å². The van der Waals surface area contributed by atoms with Gasteiger partial charge in [-0.15, -0.1) is 0 Å². The SMILES string of the molecule is CC1(SNc2ccc3cncc(Cl)c3c2)CC1. The van der Waals surface area contributed by atoms with Gasteiger partial charge in [-0.2, -0.15) is 0 Å². The van der Waals surface area contributed by atoms with Crippen LogP contribution in [0.4, 0.5) is 5.69 Å². The Morgan fingerprint density at radius 2 is 2.18 bits per heavy atom. The van der Waals surface area contributed by atoms with Crippen molar-refractivity contribution in [1.29, 1.82) is 0 Å². The predicted molar refractivity (Wildman–Crippen MR) is 75.6 cm³/mol. The molecule has 0 aliphatic heterocycles. The fraction of sp³-hybridized carbons (Fsp3) is 0.308. The molecule has 88 valence electrons. The summed E-state index contributed by atoms with van der Waals surface area (Å²) in [6, 6.07) is 6.20. The Morgan fingerprint density at radius 1 is 1.35 bits per heavy atom. The van der Waals surface area contributed by atoms with Crippen molar-refractivity contribution in [2.24, 2.45) is 0 Å². The first-order valence-electron chi connectivity index (χ1n) is 5.64. The maximum absolute atomic E-state index is 6.13. The van der Waals surface area contributed by atoms with Gasteiger partial charge in [0.2, 0.25) is 0 Å². The molecule has 0 bridgehead atoms. The van der Waals surface area contributed by atoms with Gasteiger partial charge in [-0.1, -0.05) is 17.7 Å². The van der Waals surface area contributed by atoms with Gasteiger partial charge >= 0.3 is 0 Å². The Hall–Kier alpha value is -0.930. The van der Waals surface area contributed by atoms with Gasteiger partial charge in [0.05, 0.1) is 5.02 Å². The molecule has 17 heavy (non-hydrogen) atoms. The van der Waals surface area contributed by atoms with Gasteiger partial charge in [-0.05, 0) is 43.8 Å². The lowest BCUT2D eigenvalue weighted by atomic mass is 10.1. The monoisotopic (exact) mass is 264 g/mol. The molecule has 0 atom stereocenters. The van der Waals surface area contributed by atoms with Crippen LogP contribution in [0, 0.1) is 0 Å². The van der Waals surface area contributed by atoms with E-state index >= 15 is 0 Å². The lowest BCUT2D eigenvalue weighted by Crippen LogP contribution is -1.99. The minimum Gasteiger partial charge on any atom is -0.329 e. The number of halogens is 1. The van der Waals surface area contributed by atoms with Crippen molar-refractivity contribution in [1.82, 2.24) is 4.98 Å². The van der Waals surface area contributed by atoms with Gasteiger partial charge in [0, 0.05) is 33.6 Å². The number of nitrogens with zero attached hydrogens (tertiary/aromatic N) is 1. The maximum Gasteiger partial charge on any atom is 0.0668 e. The molecule has 1 aliphatic rings. The summed E-state index contributed by atoms with van der Waals surface area (Å²) in [5.74, 6) is 0. The normalized spacial score (nSPS) is 17.1. The van der Waals surface area contributed by atoms with E-state index < -0.39 is 0 Å². The van der Waals surface area contributed by atoms with Gasteiger partial charge in [-0.3, -0.25) is 4.98 Å². The zero-order valence-electron chi connectivity index (χ0n) is 9.53. The van der Waals surface area contributed by atoms with Gasteiger partial charge in [-0.25, -0.2) is 0 Å². The van der Waals surface area contributed by atoms with Crippen molar-refractivity contribution in [2.45, 2.75) is 24.5 Å². The van der Waals surface area contributed by atoms with Crippen molar-refractivity contribution in [3.8, 4) is 0 Å². The third-order valence-corrected chi connectivity index (χ3v) is 4.62. The summed E-state index contributed by atoms with van der Waals surface area (Å²) >= 11 is 7.94. The lowest BCUT2D eigenvalue weighted by molar-refractivity contribution is 1.05. The molecule has 0 saturated heterocycles. The summed E-state index contributed by atoms with van der Waals surface area (Å²) in [5, 5.41) is 2.83. The van der Waals surface area contributed by atoms with E-state index in [2.05, 4.69) is 28.8 Å². The van der Waals surface area contributed by atoms with Crippen molar-refractivity contribution >= 4 is 40.0 Å². The molecule has 1 aromatic carbocycles. The summed E-state index contributed by atoms with van der Waals surface area (Å²) in [5.41, 5.74) is 1.10. The molecule has 1 N–H and O–H groups in total.